The maximum atomic E-state index is 9.24. The minimum atomic E-state index is 0.812. The van der Waals surface area contributed by atoms with Crippen LogP contribution >= 0.6 is 0 Å². The molecule has 0 radical (unpaired) electrons. The highest BCUT2D eigenvalue weighted by Crippen LogP contribution is 1.98. The van der Waals surface area contributed by atoms with Crippen LogP contribution < -0.4 is 5.32 Å². The second-order valence-corrected chi connectivity index (χ2v) is 3.12. The fourth-order valence-electron chi connectivity index (χ4n) is 1.34. The summed E-state index contributed by atoms with van der Waals surface area (Å²) in [7, 11) is 0. The number of hydrogen-bond donors (Lipinski definition) is 2. The Labute approximate surface area is 68.3 Å². The zero-order valence-corrected chi connectivity index (χ0v) is 7.05. The van der Waals surface area contributed by atoms with E-state index in [4.69, 9.17) is 0 Å². The third-order valence-electron chi connectivity index (χ3n) is 2.04. The molecule has 0 amide bonds. The molecule has 2 N–H and O–H groups in total. The normalized spacial score (nSPS) is 24.8. The first kappa shape index (κ1) is 8.97. The first-order valence-corrected chi connectivity index (χ1v) is 4.54. The SMILES string of the molecule is ON1CCCCCNCCC1. The number of rotatable bonds is 0. The zero-order valence-electron chi connectivity index (χ0n) is 7.05. The van der Waals surface area contributed by atoms with E-state index in [1.165, 1.54) is 17.9 Å². The molecule has 0 aromatic rings. The van der Waals surface area contributed by atoms with Crippen LogP contribution in [0.5, 0.6) is 0 Å². The lowest BCUT2D eigenvalue weighted by Crippen LogP contribution is -2.27. The molecule has 3 heteroatoms. The molecule has 1 fully saturated rings. The van der Waals surface area contributed by atoms with E-state index in [2.05, 4.69) is 5.32 Å². The molecule has 0 spiro atoms. The van der Waals surface area contributed by atoms with Gasteiger partial charge in [0, 0.05) is 13.1 Å². The Hall–Kier alpha value is -0.120. The van der Waals surface area contributed by atoms with Gasteiger partial charge in [0.05, 0.1) is 0 Å². The predicted molar refractivity (Wildman–Crippen MR) is 44.7 cm³/mol. The molecule has 1 rings (SSSR count). The highest BCUT2D eigenvalue weighted by Gasteiger charge is 2.01. The quantitative estimate of drug-likeness (QED) is 0.548. The maximum Gasteiger partial charge on any atom is 0.0250 e. The van der Waals surface area contributed by atoms with Crippen molar-refractivity contribution < 1.29 is 5.21 Å². The molecule has 0 aromatic heterocycles. The van der Waals surface area contributed by atoms with Gasteiger partial charge in [0.25, 0.3) is 0 Å². The molecule has 0 aromatic carbocycles. The fourth-order valence-corrected chi connectivity index (χ4v) is 1.34. The van der Waals surface area contributed by atoms with Crippen LogP contribution in [0.3, 0.4) is 0 Å². The Balaban J connectivity index is 2.12. The Morgan fingerprint density at radius 1 is 0.909 bits per heavy atom. The van der Waals surface area contributed by atoms with Crippen molar-refractivity contribution in [3.05, 3.63) is 0 Å². The molecule has 0 aliphatic carbocycles. The fraction of sp³-hybridized carbons (Fsp3) is 1.00. The van der Waals surface area contributed by atoms with Crippen molar-refractivity contribution in [3.63, 3.8) is 0 Å². The van der Waals surface area contributed by atoms with Crippen molar-refractivity contribution in [3.8, 4) is 0 Å². The van der Waals surface area contributed by atoms with Gasteiger partial charge in [0.2, 0.25) is 0 Å². The van der Waals surface area contributed by atoms with Gasteiger partial charge in [-0.25, -0.2) is 0 Å². The van der Waals surface area contributed by atoms with E-state index in [1.807, 2.05) is 0 Å². The number of nitrogens with one attached hydrogen (secondary N) is 1. The molecule has 11 heavy (non-hydrogen) atoms. The van der Waals surface area contributed by atoms with E-state index in [-0.39, 0.29) is 0 Å². The van der Waals surface area contributed by atoms with Crippen LogP contribution in [0.25, 0.3) is 0 Å². The summed E-state index contributed by atoms with van der Waals surface area (Å²) in [6, 6.07) is 0. The van der Waals surface area contributed by atoms with Crippen molar-refractivity contribution >= 4 is 0 Å². The second kappa shape index (κ2) is 5.52. The van der Waals surface area contributed by atoms with Gasteiger partial charge in [-0.05, 0) is 32.4 Å². The third-order valence-corrected chi connectivity index (χ3v) is 2.04. The molecule has 1 saturated heterocycles. The molecule has 3 nitrogen and oxygen atoms in total. The van der Waals surface area contributed by atoms with Gasteiger partial charge < -0.3 is 10.5 Å². The Morgan fingerprint density at radius 2 is 1.64 bits per heavy atom. The predicted octanol–water partition coefficient (Wildman–Crippen LogP) is 0.841. The van der Waals surface area contributed by atoms with Crippen LogP contribution in [0.4, 0.5) is 0 Å². The van der Waals surface area contributed by atoms with Crippen molar-refractivity contribution in [1.29, 1.82) is 0 Å². The van der Waals surface area contributed by atoms with Gasteiger partial charge in [0.1, 0.15) is 0 Å². The minimum Gasteiger partial charge on any atom is -0.317 e. The van der Waals surface area contributed by atoms with Gasteiger partial charge in [-0.3, -0.25) is 0 Å². The zero-order chi connectivity index (χ0) is 7.94. The highest BCUT2D eigenvalue weighted by molar-refractivity contribution is 4.55. The highest BCUT2D eigenvalue weighted by atomic mass is 16.5. The Kier molecular flexibility index (Phi) is 4.50. The van der Waals surface area contributed by atoms with E-state index in [9.17, 15) is 5.21 Å². The summed E-state index contributed by atoms with van der Waals surface area (Å²) in [5.74, 6) is 0. The molecule has 0 unspecified atom stereocenters. The molecule has 0 atom stereocenters. The van der Waals surface area contributed by atoms with Crippen LogP contribution in [0.2, 0.25) is 0 Å². The first-order chi connectivity index (χ1) is 5.39. The lowest BCUT2D eigenvalue weighted by Gasteiger charge is -2.16. The Bertz CT molecular complexity index is 88.1. The van der Waals surface area contributed by atoms with Crippen LogP contribution in [0, 0.1) is 0 Å². The summed E-state index contributed by atoms with van der Waals surface area (Å²) in [6.07, 6.45) is 4.65. The molecule has 1 heterocycles. The molecule has 0 bridgehead atoms. The van der Waals surface area contributed by atoms with E-state index in [0.717, 1.165) is 39.0 Å². The molecular weight excluding hydrogens is 140 g/mol. The lowest BCUT2D eigenvalue weighted by atomic mass is 10.2. The minimum absolute atomic E-state index is 0.812. The van der Waals surface area contributed by atoms with E-state index in [0.29, 0.717) is 0 Å². The molecule has 66 valence electrons. The van der Waals surface area contributed by atoms with Gasteiger partial charge in [-0.1, -0.05) is 6.42 Å². The maximum absolute atomic E-state index is 9.24. The van der Waals surface area contributed by atoms with Crippen molar-refractivity contribution in [2.45, 2.75) is 25.7 Å². The summed E-state index contributed by atoms with van der Waals surface area (Å²) in [6.45, 7) is 3.84. The number of hydroxylamine groups is 2. The standard InChI is InChI=1S/C8H18N2O/c11-10-7-3-1-2-5-9-6-4-8-10/h9,11H,1-8H2. The summed E-state index contributed by atoms with van der Waals surface area (Å²) in [5.41, 5.74) is 0. The van der Waals surface area contributed by atoms with Crippen LogP contribution in [-0.2, 0) is 0 Å². The summed E-state index contributed by atoms with van der Waals surface area (Å²) < 4.78 is 0. The number of hydrogen-bond acceptors (Lipinski definition) is 3. The van der Waals surface area contributed by atoms with Crippen LogP contribution in [-0.4, -0.2) is 36.4 Å². The lowest BCUT2D eigenvalue weighted by molar-refractivity contribution is -0.0924. The summed E-state index contributed by atoms with van der Waals surface area (Å²) >= 11 is 0. The van der Waals surface area contributed by atoms with E-state index in [1.54, 1.807) is 0 Å². The average Bonchev–Trinajstić information content (AvgIpc) is 2.03. The largest absolute Gasteiger partial charge is 0.317 e. The van der Waals surface area contributed by atoms with E-state index < -0.39 is 0 Å². The summed E-state index contributed by atoms with van der Waals surface area (Å²) in [5, 5.41) is 14.0. The number of nitrogens with zero attached hydrogens (tertiary/aromatic N) is 1. The van der Waals surface area contributed by atoms with Gasteiger partial charge >= 0.3 is 0 Å². The molecular formula is C8H18N2O. The smallest absolute Gasteiger partial charge is 0.0250 e. The van der Waals surface area contributed by atoms with Gasteiger partial charge in [-0.15, -0.1) is 0 Å². The average molecular weight is 158 g/mol. The van der Waals surface area contributed by atoms with Gasteiger partial charge in [-0.2, -0.15) is 5.06 Å². The molecule has 0 saturated carbocycles. The molecule has 1 aliphatic heterocycles. The monoisotopic (exact) mass is 158 g/mol. The van der Waals surface area contributed by atoms with Crippen molar-refractivity contribution in [2.24, 2.45) is 0 Å². The first-order valence-electron chi connectivity index (χ1n) is 4.54. The van der Waals surface area contributed by atoms with Crippen molar-refractivity contribution in [1.82, 2.24) is 10.4 Å². The topological polar surface area (TPSA) is 35.5 Å². The van der Waals surface area contributed by atoms with E-state index >= 15 is 0 Å². The third kappa shape index (κ3) is 4.35. The van der Waals surface area contributed by atoms with Crippen molar-refractivity contribution in [2.75, 3.05) is 26.2 Å². The summed E-state index contributed by atoms with van der Waals surface area (Å²) in [4.78, 5) is 0. The second-order valence-electron chi connectivity index (χ2n) is 3.12. The van der Waals surface area contributed by atoms with Gasteiger partial charge in [0.15, 0.2) is 0 Å². The van der Waals surface area contributed by atoms with Crippen LogP contribution in [0.1, 0.15) is 25.7 Å². The van der Waals surface area contributed by atoms with Crippen LogP contribution in [0.15, 0.2) is 0 Å². The Morgan fingerprint density at radius 3 is 2.55 bits per heavy atom. The molecule has 1 aliphatic rings.